The molecular formula is C30H28F2N4O5. The molecule has 3 N–H and O–H groups in total. The second-order valence-electron chi connectivity index (χ2n) is 9.08. The number of methoxy groups -OCH3 is 2. The number of hydrogen-bond donors (Lipinski definition) is 3. The number of halogens is 2. The molecule has 0 saturated heterocycles. The van der Waals surface area contributed by atoms with Gasteiger partial charge in [0.25, 0.3) is 11.8 Å². The number of aromatic nitrogens is 1. The Balaban J connectivity index is 1.54. The van der Waals surface area contributed by atoms with E-state index in [0.717, 1.165) is 6.07 Å². The van der Waals surface area contributed by atoms with Crippen molar-refractivity contribution >= 4 is 34.1 Å². The summed E-state index contributed by atoms with van der Waals surface area (Å²) in [4.78, 5) is 30.2. The van der Waals surface area contributed by atoms with Crippen LogP contribution in [0.3, 0.4) is 0 Å². The van der Waals surface area contributed by atoms with E-state index in [1.807, 2.05) is 13.8 Å². The molecule has 3 aromatic carbocycles. The summed E-state index contributed by atoms with van der Waals surface area (Å²) in [6.07, 6.45) is 2.79. The Kier molecular flexibility index (Phi) is 8.98. The highest BCUT2D eigenvalue weighted by molar-refractivity contribution is 6.26. The van der Waals surface area contributed by atoms with Gasteiger partial charge in [-0.3, -0.25) is 14.6 Å². The number of fused-ring (bicyclic) bond motifs is 1. The van der Waals surface area contributed by atoms with Gasteiger partial charge in [0.15, 0.2) is 23.1 Å². The Morgan fingerprint density at radius 1 is 0.805 bits per heavy atom. The lowest BCUT2D eigenvalue weighted by molar-refractivity contribution is -0.118. The highest BCUT2D eigenvalue weighted by Gasteiger charge is 2.20. The van der Waals surface area contributed by atoms with Crippen LogP contribution in [0.5, 0.6) is 23.0 Å². The predicted molar refractivity (Wildman–Crippen MR) is 151 cm³/mol. The zero-order valence-corrected chi connectivity index (χ0v) is 22.7. The number of pyridine rings is 1. The number of carbonyl (C=O) groups excluding carboxylic acids is 2. The predicted octanol–water partition coefficient (Wildman–Crippen LogP) is 5.78. The Morgan fingerprint density at radius 3 is 2.07 bits per heavy atom. The van der Waals surface area contributed by atoms with Crippen molar-refractivity contribution in [1.82, 2.24) is 10.3 Å². The highest BCUT2D eigenvalue weighted by Crippen LogP contribution is 2.37. The maximum Gasteiger partial charge on any atom is 0.262 e. The van der Waals surface area contributed by atoms with E-state index in [9.17, 15) is 14.0 Å². The quantitative estimate of drug-likeness (QED) is 0.128. The molecule has 0 atom stereocenters. The molecule has 0 aliphatic carbocycles. The fourth-order valence-corrected chi connectivity index (χ4v) is 3.73. The van der Waals surface area contributed by atoms with Gasteiger partial charge in [-0.15, -0.1) is 0 Å². The number of carbonyl (C=O) groups is 2. The molecule has 1 heterocycles. The van der Waals surface area contributed by atoms with E-state index in [-0.39, 0.29) is 23.1 Å². The van der Waals surface area contributed by atoms with Gasteiger partial charge >= 0.3 is 0 Å². The van der Waals surface area contributed by atoms with E-state index in [0.29, 0.717) is 33.8 Å². The largest absolute Gasteiger partial charge is 0.493 e. The molecular weight excluding hydrogens is 534 g/mol. The van der Waals surface area contributed by atoms with Crippen LogP contribution >= 0.6 is 0 Å². The van der Waals surface area contributed by atoms with Crippen molar-refractivity contribution in [2.24, 2.45) is 0 Å². The summed E-state index contributed by atoms with van der Waals surface area (Å²) in [5, 5.41) is 8.55. The molecule has 0 spiro atoms. The summed E-state index contributed by atoms with van der Waals surface area (Å²) in [5.41, 5.74) is 0.678. The zero-order valence-electron chi connectivity index (χ0n) is 22.7. The zero-order chi connectivity index (χ0) is 29.5. The van der Waals surface area contributed by atoms with Crippen molar-refractivity contribution in [3.05, 3.63) is 90.3 Å². The minimum Gasteiger partial charge on any atom is -0.493 e. The van der Waals surface area contributed by atoms with Crippen LogP contribution < -0.4 is 30.2 Å². The van der Waals surface area contributed by atoms with Gasteiger partial charge in [0.1, 0.15) is 17.1 Å². The van der Waals surface area contributed by atoms with E-state index in [4.69, 9.17) is 14.2 Å². The third-order valence-electron chi connectivity index (χ3n) is 5.77. The summed E-state index contributed by atoms with van der Waals surface area (Å²) in [6.45, 7) is 3.66. The van der Waals surface area contributed by atoms with E-state index < -0.39 is 23.4 Å². The van der Waals surface area contributed by atoms with Gasteiger partial charge < -0.3 is 30.2 Å². The average molecular weight is 563 g/mol. The van der Waals surface area contributed by atoms with Gasteiger partial charge in [-0.1, -0.05) is 0 Å². The summed E-state index contributed by atoms with van der Waals surface area (Å²) >= 11 is 0. The minimum absolute atomic E-state index is 0.0735. The molecule has 0 bridgehead atoms. The van der Waals surface area contributed by atoms with Crippen molar-refractivity contribution in [3.63, 3.8) is 0 Å². The molecule has 0 aliphatic heterocycles. The third kappa shape index (κ3) is 7.07. The Morgan fingerprint density at radius 2 is 1.44 bits per heavy atom. The SMILES string of the molecule is COc1cc2nccc(Oc3ccc(NC(=O)/C(=C/NC(C)C)C(=O)Nc4ccc(F)cc4)cc3F)c2cc1OC. The molecule has 0 saturated carbocycles. The second kappa shape index (κ2) is 12.8. The van der Waals surface area contributed by atoms with Gasteiger partial charge in [-0.2, -0.15) is 0 Å². The molecule has 0 fully saturated rings. The van der Waals surface area contributed by atoms with Gasteiger partial charge in [0.05, 0.1) is 19.7 Å². The van der Waals surface area contributed by atoms with Gasteiger partial charge in [0.2, 0.25) is 0 Å². The van der Waals surface area contributed by atoms with Crippen molar-refractivity contribution in [1.29, 1.82) is 0 Å². The highest BCUT2D eigenvalue weighted by atomic mass is 19.1. The normalized spacial score (nSPS) is 11.2. The number of ether oxygens (including phenoxy) is 3. The van der Waals surface area contributed by atoms with E-state index in [1.54, 1.807) is 18.2 Å². The van der Waals surface area contributed by atoms with E-state index in [2.05, 4.69) is 20.9 Å². The molecule has 0 unspecified atom stereocenters. The molecule has 2 amide bonds. The van der Waals surface area contributed by atoms with Crippen LogP contribution in [0, 0.1) is 11.6 Å². The summed E-state index contributed by atoms with van der Waals surface area (Å²) in [6, 6.07) is 13.8. The van der Waals surface area contributed by atoms with Crippen molar-refractivity contribution < 1.29 is 32.6 Å². The van der Waals surface area contributed by atoms with Crippen LogP contribution in [0.15, 0.2) is 78.6 Å². The number of hydrogen-bond acceptors (Lipinski definition) is 7. The minimum atomic E-state index is -0.785. The number of anilines is 2. The van der Waals surface area contributed by atoms with Crippen LogP contribution in [0.4, 0.5) is 20.2 Å². The van der Waals surface area contributed by atoms with Gasteiger partial charge in [-0.05, 0) is 62.4 Å². The smallest absolute Gasteiger partial charge is 0.262 e. The fraction of sp³-hybridized carbons (Fsp3) is 0.167. The topological polar surface area (TPSA) is 111 Å². The Bertz CT molecular complexity index is 1610. The Labute approximate surface area is 235 Å². The van der Waals surface area contributed by atoms with Crippen LogP contribution in [-0.4, -0.2) is 37.1 Å². The molecule has 4 rings (SSSR count). The molecule has 9 nitrogen and oxygen atoms in total. The van der Waals surface area contributed by atoms with Gasteiger partial charge in [0, 0.05) is 47.3 Å². The van der Waals surface area contributed by atoms with E-state index in [1.165, 1.54) is 63.0 Å². The molecule has 1 aromatic heterocycles. The summed E-state index contributed by atoms with van der Waals surface area (Å²) in [7, 11) is 3.01. The summed E-state index contributed by atoms with van der Waals surface area (Å²) in [5.74, 6) is -1.58. The van der Waals surface area contributed by atoms with Crippen LogP contribution in [0.1, 0.15) is 13.8 Å². The van der Waals surface area contributed by atoms with E-state index >= 15 is 4.39 Å². The molecule has 0 radical (unpaired) electrons. The monoisotopic (exact) mass is 562 g/mol. The number of rotatable bonds is 10. The maximum atomic E-state index is 15.1. The van der Waals surface area contributed by atoms with Crippen molar-refractivity contribution in [2.45, 2.75) is 19.9 Å². The van der Waals surface area contributed by atoms with Crippen LogP contribution in [0.25, 0.3) is 10.9 Å². The third-order valence-corrected chi connectivity index (χ3v) is 5.77. The fourth-order valence-electron chi connectivity index (χ4n) is 3.73. The average Bonchev–Trinajstić information content (AvgIpc) is 2.95. The lowest BCUT2D eigenvalue weighted by Crippen LogP contribution is -2.28. The number of nitrogens with one attached hydrogen (secondary N) is 3. The van der Waals surface area contributed by atoms with Gasteiger partial charge in [-0.25, -0.2) is 8.78 Å². The first-order chi connectivity index (χ1) is 19.7. The molecule has 4 aromatic rings. The standard InChI is InChI=1S/C30H28F2N4O5/c1-17(2)34-16-22(29(37)35-19-7-5-18(31)6-8-19)30(38)36-20-9-10-26(23(32)13-20)41-25-11-12-33-24-15-28(40-4)27(39-3)14-21(24)25/h5-17,34H,1-4H3,(H,35,37)(H,36,38)/b22-16+. The molecule has 212 valence electrons. The maximum absolute atomic E-state index is 15.1. The second-order valence-corrected chi connectivity index (χ2v) is 9.08. The first kappa shape index (κ1) is 28.8. The van der Waals surface area contributed by atoms with Crippen molar-refractivity contribution in [2.75, 3.05) is 24.9 Å². The number of nitrogens with zero attached hydrogens (tertiary/aromatic N) is 1. The number of amides is 2. The first-order valence-corrected chi connectivity index (χ1v) is 12.5. The molecule has 11 heteroatoms. The summed E-state index contributed by atoms with van der Waals surface area (Å²) < 4.78 is 44.8. The molecule has 0 aliphatic rings. The lowest BCUT2D eigenvalue weighted by Gasteiger charge is -2.14. The Hall–Kier alpha value is -5.19. The van der Waals surface area contributed by atoms with Crippen LogP contribution in [0.2, 0.25) is 0 Å². The first-order valence-electron chi connectivity index (χ1n) is 12.5. The lowest BCUT2D eigenvalue weighted by atomic mass is 10.1. The molecule has 41 heavy (non-hydrogen) atoms. The number of benzene rings is 3. The van der Waals surface area contributed by atoms with Crippen molar-refractivity contribution in [3.8, 4) is 23.0 Å². The van der Waals surface area contributed by atoms with Crippen LogP contribution in [-0.2, 0) is 9.59 Å².